The summed E-state index contributed by atoms with van der Waals surface area (Å²) in [6.07, 6.45) is 0. The number of phenolic OH excluding ortho intramolecular Hbond substituents is 1. The number of nitrogens with zero attached hydrogens (tertiary/aromatic N) is 1. The molecule has 0 aliphatic carbocycles. The highest BCUT2D eigenvalue weighted by Gasteiger charge is 2.11. The number of aromatic amines is 1. The molecule has 3 aromatic rings. The van der Waals surface area contributed by atoms with Gasteiger partial charge in [0.25, 0.3) is 0 Å². The lowest BCUT2D eigenvalue weighted by molar-refractivity contribution is 0.465. The fraction of sp³-hybridized carbons (Fsp3) is 0.235. The molecule has 0 spiro atoms. The van der Waals surface area contributed by atoms with Crippen molar-refractivity contribution in [2.24, 2.45) is 0 Å². The molecule has 0 aliphatic heterocycles. The predicted molar refractivity (Wildman–Crippen MR) is 85.7 cm³/mol. The number of nitrogens with one attached hydrogen (secondary N) is 2. The number of aryl methyl sites for hydroxylation is 2. The molecule has 1 heterocycles. The van der Waals surface area contributed by atoms with Gasteiger partial charge in [0.1, 0.15) is 11.6 Å². The van der Waals surface area contributed by atoms with E-state index < -0.39 is 0 Å². The van der Waals surface area contributed by atoms with Crippen molar-refractivity contribution in [2.45, 2.75) is 26.8 Å². The average Bonchev–Trinajstić information content (AvgIpc) is 2.77. The molecule has 21 heavy (non-hydrogen) atoms. The summed E-state index contributed by atoms with van der Waals surface area (Å²) in [4.78, 5) is 7.62. The molecule has 4 heteroatoms. The molecule has 0 radical (unpaired) electrons. The number of benzene rings is 2. The van der Waals surface area contributed by atoms with Crippen LogP contribution in [-0.2, 0) is 0 Å². The van der Waals surface area contributed by atoms with Crippen LogP contribution >= 0.6 is 0 Å². The molecule has 0 bridgehead atoms. The second kappa shape index (κ2) is 5.13. The van der Waals surface area contributed by atoms with E-state index in [2.05, 4.69) is 15.3 Å². The van der Waals surface area contributed by atoms with Gasteiger partial charge in [-0.3, -0.25) is 0 Å². The summed E-state index contributed by atoms with van der Waals surface area (Å²) in [6.45, 7) is 5.95. The van der Waals surface area contributed by atoms with Crippen LogP contribution in [0.3, 0.4) is 0 Å². The second-order valence-electron chi connectivity index (χ2n) is 5.48. The molecule has 1 aromatic heterocycles. The molecule has 0 saturated carbocycles. The van der Waals surface area contributed by atoms with Crippen LogP contribution in [0.25, 0.3) is 11.0 Å². The van der Waals surface area contributed by atoms with E-state index in [-0.39, 0.29) is 6.04 Å². The van der Waals surface area contributed by atoms with Gasteiger partial charge in [0.15, 0.2) is 0 Å². The lowest BCUT2D eigenvalue weighted by Gasteiger charge is -2.17. The van der Waals surface area contributed by atoms with Crippen LogP contribution in [0.4, 0.5) is 5.69 Å². The zero-order valence-corrected chi connectivity index (χ0v) is 12.4. The van der Waals surface area contributed by atoms with E-state index >= 15 is 0 Å². The summed E-state index contributed by atoms with van der Waals surface area (Å²) >= 11 is 0. The molecular formula is C17H19N3O. The first-order valence-corrected chi connectivity index (χ1v) is 7.05. The zero-order chi connectivity index (χ0) is 15.0. The van der Waals surface area contributed by atoms with E-state index in [9.17, 15) is 5.11 Å². The molecule has 2 aromatic carbocycles. The topological polar surface area (TPSA) is 60.9 Å². The summed E-state index contributed by atoms with van der Waals surface area (Å²) in [6, 6.07) is 11.8. The Morgan fingerprint density at radius 3 is 2.71 bits per heavy atom. The van der Waals surface area contributed by atoms with Crippen LogP contribution in [0, 0.1) is 13.8 Å². The van der Waals surface area contributed by atoms with Crippen molar-refractivity contribution in [1.29, 1.82) is 0 Å². The second-order valence-corrected chi connectivity index (χ2v) is 5.48. The Labute approximate surface area is 123 Å². The third-order valence-electron chi connectivity index (χ3n) is 3.64. The highest BCUT2D eigenvalue weighted by atomic mass is 16.3. The van der Waals surface area contributed by atoms with Crippen LogP contribution < -0.4 is 5.32 Å². The van der Waals surface area contributed by atoms with E-state index in [0.29, 0.717) is 5.75 Å². The average molecular weight is 281 g/mol. The lowest BCUT2D eigenvalue weighted by atomic mass is 10.0. The summed E-state index contributed by atoms with van der Waals surface area (Å²) in [5, 5.41) is 13.5. The normalized spacial score (nSPS) is 12.5. The van der Waals surface area contributed by atoms with Gasteiger partial charge in [-0.05, 0) is 50.6 Å². The van der Waals surface area contributed by atoms with Crippen LogP contribution in [0.15, 0.2) is 36.4 Å². The Hall–Kier alpha value is -2.49. The molecule has 4 nitrogen and oxygen atoms in total. The van der Waals surface area contributed by atoms with E-state index in [1.54, 1.807) is 6.07 Å². The Kier molecular flexibility index (Phi) is 3.29. The summed E-state index contributed by atoms with van der Waals surface area (Å²) in [7, 11) is 0. The Morgan fingerprint density at radius 2 is 1.95 bits per heavy atom. The molecule has 3 N–H and O–H groups in total. The molecule has 3 rings (SSSR count). The molecule has 0 amide bonds. The highest BCUT2D eigenvalue weighted by Crippen LogP contribution is 2.28. The number of anilines is 1. The molecule has 1 atom stereocenters. The monoisotopic (exact) mass is 281 g/mol. The van der Waals surface area contributed by atoms with Gasteiger partial charge in [-0.1, -0.05) is 12.1 Å². The SMILES string of the molecule is Cc1ccc(C(C)Nc2ccc3nc(C)[nH]c3c2)c(O)c1. The number of phenols is 1. The standard InChI is InChI=1S/C17H19N3O/c1-10-4-6-14(17(21)8-10)11(2)18-13-5-7-15-16(9-13)20-12(3)19-15/h4-9,11,18,21H,1-3H3,(H,19,20). The van der Waals surface area contributed by atoms with Gasteiger partial charge < -0.3 is 15.4 Å². The van der Waals surface area contributed by atoms with Gasteiger partial charge in [0, 0.05) is 11.3 Å². The van der Waals surface area contributed by atoms with Gasteiger partial charge in [-0.15, -0.1) is 0 Å². The Balaban J connectivity index is 1.86. The van der Waals surface area contributed by atoms with Gasteiger partial charge in [0.05, 0.1) is 17.1 Å². The first kappa shape index (κ1) is 13.5. The van der Waals surface area contributed by atoms with Crippen LogP contribution in [0.2, 0.25) is 0 Å². The number of aromatic nitrogens is 2. The minimum Gasteiger partial charge on any atom is -0.508 e. The van der Waals surface area contributed by atoms with Gasteiger partial charge in [-0.25, -0.2) is 4.98 Å². The number of hydrogen-bond donors (Lipinski definition) is 3. The third kappa shape index (κ3) is 2.70. The lowest BCUT2D eigenvalue weighted by Crippen LogP contribution is -2.06. The molecular weight excluding hydrogens is 262 g/mol. The maximum atomic E-state index is 10.1. The van der Waals surface area contributed by atoms with E-state index in [1.165, 1.54) is 0 Å². The van der Waals surface area contributed by atoms with Crippen molar-refractivity contribution >= 4 is 16.7 Å². The van der Waals surface area contributed by atoms with Crippen molar-refractivity contribution in [1.82, 2.24) is 9.97 Å². The van der Waals surface area contributed by atoms with Crippen LogP contribution in [0.5, 0.6) is 5.75 Å². The van der Waals surface area contributed by atoms with Crippen LogP contribution in [-0.4, -0.2) is 15.1 Å². The molecule has 0 aliphatic rings. The highest BCUT2D eigenvalue weighted by molar-refractivity contribution is 5.79. The minimum atomic E-state index is 0.0204. The predicted octanol–water partition coefficient (Wildman–Crippen LogP) is 4.06. The Morgan fingerprint density at radius 1 is 1.14 bits per heavy atom. The molecule has 0 fully saturated rings. The summed E-state index contributed by atoms with van der Waals surface area (Å²) in [5.41, 5.74) is 4.92. The number of fused-ring (bicyclic) bond motifs is 1. The number of imidazole rings is 1. The van der Waals surface area contributed by atoms with Crippen molar-refractivity contribution in [3.05, 3.63) is 53.3 Å². The van der Waals surface area contributed by atoms with Crippen molar-refractivity contribution < 1.29 is 5.11 Å². The van der Waals surface area contributed by atoms with Gasteiger partial charge in [0.2, 0.25) is 0 Å². The maximum absolute atomic E-state index is 10.1. The molecule has 1 unspecified atom stereocenters. The van der Waals surface area contributed by atoms with E-state index in [1.807, 2.05) is 51.1 Å². The first-order valence-electron chi connectivity index (χ1n) is 7.05. The smallest absolute Gasteiger partial charge is 0.121 e. The molecule has 0 saturated heterocycles. The fourth-order valence-corrected chi connectivity index (χ4v) is 2.57. The minimum absolute atomic E-state index is 0.0204. The van der Waals surface area contributed by atoms with Crippen molar-refractivity contribution in [3.63, 3.8) is 0 Å². The first-order chi connectivity index (χ1) is 10.0. The van der Waals surface area contributed by atoms with Gasteiger partial charge >= 0.3 is 0 Å². The zero-order valence-electron chi connectivity index (χ0n) is 12.4. The van der Waals surface area contributed by atoms with E-state index in [0.717, 1.165) is 33.7 Å². The number of H-pyrrole nitrogens is 1. The number of hydrogen-bond acceptors (Lipinski definition) is 3. The summed E-state index contributed by atoms with van der Waals surface area (Å²) < 4.78 is 0. The largest absolute Gasteiger partial charge is 0.508 e. The number of rotatable bonds is 3. The van der Waals surface area contributed by atoms with Crippen molar-refractivity contribution in [2.75, 3.05) is 5.32 Å². The van der Waals surface area contributed by atoms with Crippen LogP contribution in [0.1, 0.15) is 29.9 Å². The third-order valence-corrected chi connectivity index (χ3v) is 3.64. The maximum Gasteiger partial charge on any atom is 0.121 e. The fourth-order valence-electron chi connectivity index (χ4n) is 2.57. The van der Waals surface area contributed by atoms with Gasteiger partial charge in [-0.2, -0.15) is 0 Å². The van der Waals surface area contributed by atoms with Crippen molar-refractivity contribution in [3.8, 4) is 5.75 Å². The quantitative estimate of drug-likeness (QED) is 0.678. The number of aromatic hydroxyl groups is 1. The van der Waals surface area contributed by atoms with E-state index in [4.69, 9.17) is 0 Å². The Bertz CT molecular complexity index is 792. The summed E-state index contributed by atoms with van der Waals surface area (Å²) in [5.74, 6) is 1.24. The molecule has 108 valence electrons.